The highest BCUT2D eigenvalue weighted by atomic mass is 32.2. The molecular formula is C15H16FNO4S. The zero-order valence-electron chi connectivity index (χ0n) is 11.8. The average Bonchev–Trinajstić information content (AvgIpc) is 2.53. The number of thioether (sulfide) groups is 1. The Kier molecular flexibility index (Phi) is 4.35. The summed E-state index contributed by atoms with van der Waals surface area (Å²) in [5, 5.41) is 9.09. The molecule has 2 heterocycles. The third-order valence-electron chi connectivity index (χ3n) is 4.04. The van der Waals surface area contributed by atoms with Crippen molar-refractivity contribution in [1.29, 1.82) is 0 Å². The molecule has 1 aromatic rings. The molecule has 1 amide bonds. The number of nitrogens with zero attached hydrogens (tertiary/aromatic N) is 1. The normalized spacial score (nSPS) is 24.7. The van der Waals surface area contributed by atoms with Crippen LogP contribution < -0.4 is 0 Å². The summed E-state index contributed by atoms with van der Waals surface area (Å²) in [6, 6.07) is 3.48. The van der Waals surface area contributed by atoms with Crippen molar-refractivity contribution in [2.45, 2.75) is 17.7 Å². The lowest BCUT2D eigenvalue weighted by atomic mass is 10.0. The number of amides is 1. The summed E-state index contributed by atoms with van der Waals surface area (Å²) < 4.78 is 19.5. The van der Waals surface area contributed by atoms with Crippen molar-refractivity contribution < 1.29 is 23.8 Å². The third-order valence-corrected chi connectivity index (χ3v) is 5.34. The minimum atomic E-state index is -1.21. The van der Waals surface area contributed by atoms with Gasteiger partial charge in [0.1, 0.15) is 5.82 Å². The minimum Gasteiger partial charge on any atom is -0.478 e. The van der Waals surface area contributed by atoms with Gasteiger partial charge >= 0.3 is 5.97 Å². The van der Waals surface area contributed by atoms with Gasteiger partial charge < -0.3 is 14.7 Å². The van der Waals surface area contributed by atoms with Crippen molar-refractivity contribution in [2.75, 3.05) is 25.5 Å². The molecule has 0 spiro atoms. The quantitative estimate of drug-likeness (QED) is 0.899. The van der Waals surface area contributed by atoms with Crippen LogP contribution in [0.5, 0.6) is 0 Å². The highest BCUT2D eigenvalue weighted by Crippen LogP contribution is 2.31. The number of carbonyl (C=O) groups is 2. The van der Waals surface area contributed by atoms with Gasteiger partial charge in [0.05, 0.1) is 17.7 Å². The summed E-state index contributed by atoms with van der Waals surface area (Å²) in [5.41, 5.74) is -0.227. The first-order valence-corrected chi connectivity index (χ1v) is 8.16. The first-order valence-electron chi connectivity index (χ1n) is 7.11. The van der Waals surface area contributed by atoms with E-state index in [4.69, 9.17) is 9.84 Å². The number of carboxylic acid groups (broad SMARTS) is 1. The van der Waals surface area contributed by atoms with Crippen molar-refractivity contribution in [1.82, 2.24) is 4.90 Å². The Balaban J connectivity index is 1.85. The topological polar surface area (TPSA) is 66.8 Å². The van der Waals surface area contributed by atoms with E-state index in [1.165, 1.54) is 12.1 Å². The lowest BCUT2D eigenvalue weighted by Gasteiger charge is -2.43. The van der Waals surface area contributed by atoms with E-state index in [1.807, 2.05) is 0 Å². The molecule has 2 saturated heterocycles. The smallest absolute Gasteiger partial charge is 0.335 e. The van der Waals surface area contributed by atoms with E-state index in [0.29, 0.717) is 19.8 Å². The van der Waals surface area contributed by atoms with Gasteiger partial charge in [-0.15, -0.1) is 0 Å². The lowest BCUT2D eigenvalue weighted by Crippen LogP contribution is -2.54. The number of fused-ring (bicyclic) bond motifs is 1. The van der Waals surface area contributed by atoms with Crippen molar-refractivity contribution >= 4 is 23.6 Å². The Morgan fingerprint density at radius 2 is 2.23 bits per heavy atom. The fraction of sp³-hybridized carbons (Fsp3) is 0.467. The number of hydrogen-bond donors (Lipinski definition) is 1. The molecule has 0 aliphatic carbocycles. The zero-order valence-corrected chi connectivity index (χ0v) is 12.6. The van der Waals surface area contributed by atoms with E-state index in [2.05, 4.69) is 0 Å². The number of benzene rings is 1. The van der Waals surface area contributed by atoms with E-state index in [1.54, 1.807) is 16.7 Å². The number of halogens is 1. The van der Waals surface area contributed by atoms with Gasteiger partial charge in [-0.1, -0.05) is 0 Å². The fourth-order valence-corrected chi connectivity index (χ4v) is 4.22. The SMILES string of the molecule is O=C(O)c1ccc(C(=O)N2CCSC3COCCC32)c(F)c1. The molecule has 2 unspecified atom stereocenters. The number of carboxylic acids is 1. The molecule has 1 aromatic carbocycles. The maximum Gasteiger partial charge on any atom is 0.335 e. The maximum atomic E-state index is 14.1. The Morgan fingerprint density at radius 1 is 1.41 bits per heavy atom. The first-order chi connectivity index (χ1) is 10.6. The number of rotatable bonds is 2. The van der Waals surface area contributed by atoms with Crippen LogP contribution in [-0.2, 0) is 4.74 Å². The van der Waals surface area contributed by atoms with Crippen LogP contribution in [0.4, 0.5) is 4.39 Å². The van der Waals surface area contributed by atoms with Crippen molar-refractivity contribution in [3.8, 4) is 0 Å². The molecule has 0 saturated carbocycles. The van der Waals surface area contributed by atoms with Gasteiger partial charge in [-0.05, 0) is 24.6 Å². The van der Waals surface area contributed by atoms with Gasteiger partial charge in [0.15, 0.2) is 0 Å². The molecule has 2 atom stereocenters. The van der Waals surface area contributed by atoms with Crippen LogP contribution >= 0.6 is 11.8 Å². The van der Waals surface area contributed by atoms with Crippen LogP contribution in [0.2, 0.25) is 0 Å². The monoisotopic (exact) mass is 325 g/mol. The highest BCUT2D eigenvalue weighted by Gasteiger charge is 2.37. The first kappa shape index (κ1) is 15.3. The van der Waals surface area contributed by atoms with Gasteiger partial charge in [-0.25, -0.2) is 9.18 Å². The van der Waals surface area contributed by atoms with E-state index in [-0.39, 0.29) is 28.3 Å². The molecule has 2 aliphatic heterocycles. The predicted octanol–water partition coefficient (Wildman–Crippen LogP) is 1.87. The number of hydrogen-bond acceptors (Lipinski definition) is 4. The minimum absolute atomic E-state index is 0.0542. The van der Waals surface area contributed by atoms with E-state index in [9.17, 15) is 14.0 Å². The van der Waals surface area contributed by atoms with Crippen LogP contribution in [0.1, 0.15) is 27.1 Å². The van der Waals surface area contributed by atoms with Gasteiger partial charge in [0.25, 0.3) is 5.91 Å². The number of carbonyl (C=O) groups excluding carboxylic acids is 1. The number of aromatic carboxylic acids is 1. The molecule has 1 N–H and O–H groups in total. The van der Waals surface area contributed by atoms with E-state index < -0.39 is 11.8 Å². The summed E-state index contributed by atoms with van der Waals surface area (Å²) in [5.74, 6) is -1.57. The largest absolute Gasteiger partial charge is 0.478 e. The van der Waals surface area contributed by atoms with Crippen LogP contribution in [-0.4, -0.2) is 58.7 Å². The Bertz CT molecular complexity index is 607. The van der Waals surface area contributed by atoms with Crippen molar-refractivity contribution in [3.63, 3.8) is 0 Å². The van der Waals surface area contributed by atoms with Crippen LogP contribution in [0.3, 0.4) is 0 Å². The summed E-state index contributed by atoms with van der Waals surface area (Å²) in [6.07, 6.45) is 0.748. The van der Waals surface area contributed by atoms with E-state index in [0.717, 1.165) is 18.2 Å². The number of ether oxygens (including phenoxy) is 1. The average molecular weight is 325 g/mol. The van der Waals surface area contributed by atoms with Gasteiger partial charge in [-0.2, -0.15) is 11.8 Å². The maximum absolute atomic E-state index is 14.1. The van der Waals surface area contributed by atoms with Gasteiger partial charge in [-0.3, -0.25) is 4.79 Å². The molecule has 22 heavy (non-hydrogen) atoms. The second-order valence-corrected chi connectivity index (χ2v) is 6.69. The summed E-state index contributed by atoms with van der Waals surface area (Å²) >= 11 is 1.78. The van der Waals surface area contributed by atoms with Crippen molar-refractivity contribution in [3.05, 3.63) is 35.1 Å². The predicted molar refractivity (Wildman–Crippen MR) is 79.9 cm³/mol. The van der Waals surface area contributed by atoms with Gasteiger partial charge in [0, 0.05) is 30.2 Å². The fourth-order valence-electron chi connectivity index (χ4n) is 2.91. The second-order valence-electron chi connectivity index (χ2n) is 5.34. The third kappa shape index (κ3) is 2.83. The molecule has 0 bridgehead atoms. The molecule has 7 heteroatoms. The van der Waals surface area contributed by atoms with Crippen molar-refractivity contribution in [2.24, 2.45) is 0 Å². The van der Waals surface area contributed by atoms with Crippen LogP contribution in [0.25, 0.3) is 0 Å². The second kappa shape index (κ2) is 6.26. The standard InChI is InChI=1S/C15H16FNO4S/c16-11-7-9(15(19)20)1-2-10(11)14(18)17-4-6-22-13-8-21-5-3-12(13)17/h1-2,7,12-13H,3-6,8H2,(H,19,20). The molecule has 5 nitrogen and oxygen atoms in total. The molecular weight excluding hydrogens is 309 g/mol. The Morgan fingerprint density at radius 3 is 2.95 bits per heavy atom. The summed E-state index contributed by atoms with van der Waals surface area (Å²) in [7, 11) is 0. The molecule has 2 fully saturated rings. The highest BCUT2D eigenvalue weighted by molar-refractivity contribution is 8.00. The lowest BCUT2D eigenvalue weighted by molar-refractivity contribution is 0.0316. The molecule has 0 aromatic heterocycles. The summed E-state index contributed by atoms with van der Waals surface area (Å²) in [4.78, 5) is 25.2. The Hall–Kier alpha value is -1.60. The van der Waals surface area contributed by atoms with Gasteiger partial charge in [0.2, 0.25) is 0 Å². The van der Waals surface area contributed by atoms with Crippen LogP contribution in [0.15, 0.2) is 18.2 Å². The van der Waals surface area contributed by atoms with E-state index >= 15 is 0 Å². The Labute approximate surface area is 131 Å². The molecule has 118 valence electrons. The molecule has 0 radical (unpaired) electrons. The zero-order chi connectivity index (χ0) is 15.7. The molecule has 2 aliphatic rings. The van der Waals surface area contributed by atoms with Crippen LogP contribution in [0, 0.1) is 5.82 Å². The summed E-state index contributed by atoms with van der Waals surface area (Å²) in [6.45, 7) is 1.79. The molecule has 3 rings (SSSR count).